The molecule has 0 saturated heterocycles. The molecule has 0 aliphatic heterocycles. The summed E-state index contributed by atoms with van der Waals surface area (Å²) in [5, 5.41) is 0. The van der Waals surface area contributed by atoms with Gasteiger partial charge in [-0.05, 0) is 5.92 Å². The number of hydrogen-bond donors (Lipinski definition) is 0. The van der Waals surface area contributed by atoms with E-state index in [4.69, 9.17) is 0 Å². The van der Waals surface area contributed by atoms with Crippen molar-refractivity contribution in [2.24, 2.45) is 5.92 Å². The summed E-state index contributed by atoms with van der Waals surface area (Å²) >= 11 is 0. The van der Waals surface area contributed by atoms with Crippen LogP contribution in [0.2, 0.25) is 0 Å². The van der Waals surface area contributed by atoms with Crippen LogP contribution in [-0.4, -0.2) is 0 Å². The highest BCUT2D eigenvalue weighted by atomic mass is 14.1. The normalized spacial score (nSPS) is 12.5. The second kappa shape index (κ2) is 25.0. The van der Waals surface area contributed by atoms with Crippen molar-refractivity contribution in [1.29, 1.82) is 0 Å². The molecular weight excluding hydrogens is 336 g/mol. The number of unbranched alkanes of at least 4 members (excludes halogenated alkanes) is 20. The Morgan fingerprint density at radius 3 is 0.786 bits per heavy atom. The molecule has 0 heterocycles. The zero-order valence-corrected chi connectivity index (χ0v) is 20.5. The summed E-state index contributed by atoms with van der Waals surface area (Å²) in [6, 6.07) is 0. The lowest BCUT2D eigenvalue weighted by atomic mass is 9.95. The molecule has 0 nitrogen and oxygen atoms in total. The Balaban J connectivity index is 3.12. The highest BCUT2D eigenvalue weighted by molar-refractivity contribution is 4.56. The lowest BCUT2D eigenvalue weighted by Crippen LogP contribution is -1.95. The third-order valence-corrected chi connectivity index (χ3v) is 6.60. The third kappa shape index (κ3) is 24.0. The molecule has 0 rings (SSSR count). The number of rotatable bonds is 24. The van der Waals surface area contributed by atoms with E-state index in [1.54, 1.807) is 0 Å². The van der Waals surface area contributed by atoms with Gasteiger partial charge < -0.3 is 0 Å². The maximum absolute atomic E-state index is 2.49. The Morgan fingerprint density at radius 1 is 0.321 bits per heavy atom. The van der Waals surface area contributed by atoms with Crippen molar-refractivity contribution in [2.45, 2.75) is 175 Å². The second-order valence-corrected chi connectivity index (χ2v) is 9.75. The van der Waals surface area contributed by atoms with Gasteiger partial charge >= 0.3 is 0 Å². The SMILES string of the molecule is CCCCCCCCCCCCCCC(C)CCCCCCCCCCCC. The molecular formula is C28H58. The first-order chi connectivity index (χ1) is 13.8. The molecule has 0 aromatic heterocycles. The minimum Gasteiger partial charge on any atom is -0.0654 e. The quantitative estimate of drug-likeness (QED) is 0.143. The van der Waals surface area contributed by atoms with Crippen molar-refractivity contribution >= 4 is 0 Å². The van der Waals surface area contributed by atoms with E-state index < -0.39 is 0 Å². The van der Waals surface area contributed by atoms with Crippen molar-refractivity contribution in [2.75, 3.05) is 0 Å². The van der Waals surface area contributed by atoms with Gasteiger partial charge in [-0.1, -0.05) is 175 Å². The van der Waals surface area contributed by atoms with E-state index in [2.05, 4.69) is 20.8 Å². The first-order valence-corrected chi connectivity index (χ1v) is 13.8. The van der Waals surface area contributed by atoms with E-state index >= 15 is 0 Å². The monoisotopic (exact) mass is 394 g/mol. The molecule has 1 atom stereocenters. The average molecular weight is 395 g/mol. The minimum atomic E-state index is 0.970. The van der Waals surface area contributed by atoms with E-state index in [1.807, 2.05) is 0 Å². The van der Waals surface area contributed by atoms with Crippen LogP contribution in [0.1, 0.15) is 175 Å². The maximum Gasteiger partial charge on any atom is -0.0443 e. The smallest absolute Gasteiger partial charge is 0.0443 e. The van der Waals surface area contributed by atoms with Crippen LogP contribution in [0.4, 0.5) is 0 Å². The van der Waals surface area contributed by atoms with Gasteiger partial charge in [0, 0.05) is 0 Å². The molecule has 0 radical (unpaired) electrons. The fourth-order valence-electron chi connectivity index (χ4n) is 4.46. The fraction of sp³-hybridized carbons (Fsp3) is 1.00. The zero-order valence-electron chi connectivity index (χ0n) is 20.5. The van der Waals surface area contributed by atoms with Crippen LogP contribution in [0.25, 0.3) is 0 Å². The Bertz CT molecular complexity index is 257. The molecule has 0 N–H and O–H groups in total. The van der Waals surface area contributed by atoms with Gasteiger partial charge in [-0.2, -0.15) is 0 Å². The van der Waals surface area contributed by atoms with Crippen LogP contribution < -0.4 is 0 Å². The minimum absolute atomic E-state index is 0.970. The van der Waals surface area contributed by atoms with Crippen molar-refractivity contribution in [3.05, 3.63) is 0 Å². The summed E-state index contributed by atoms with van der Waals surface area (Å²) in [6.45, 7) is 7.10. The predicted octanol–water partition coefficient (Wildman–Crippen LogP) is 11.0. The van der Waals surface area contributed by atoms with Crippen LogP contribution in [0, 0.1) is 5.92 Å². The maximum atomic E-state index is 2.49. The number of hydrogen-bond acceptors (Lipinski definition) is 0. The molecule has 0 amide bonds. The lowest BCUT2D eigenvalue weighted by molar-refractivity contribution is 0.429. The van der Waals surface area contributed by atoms with Crippen molar-refractivity contribution in [3.63, 3.8) is 0 Å². The van der Waals surface area contributed by atoms with Gasteiger partial charge in [0.25, 0.3) is 0 Å². The molecule has 28 heavy (non-hydrogen) atoms. The topological polar surface area (TPSA) is 0 Å². The van der Waals surface area contributed by atoms with Gasteiger partial charge in [-0.3, -0.25) is 0 Å². The summed E-state index contributed by atoms with van der Waals surface area (Å²) in [7, 11) is 0. The predicted molar refractivity (Wildman–Crippen MR) is 131 cm³/mol. The largest absolute Gasteiger partial charge is 0.0654 e. The van der Waals surface area contributed by atoms with E-state index in [0.29, 0.717) is 0 Å². The Labute approximate surface area is 181 Å². The lowest BCUT2D eigenvalue weighted by Gasteiger charge is -2.11. The molecule has 0 fully saturated rings. The first kappa shape index (κ1) is 28.0. The highest BCUT2D eigenvalue weighted by Crippen LogP contribution is 2.19. The Kier molecular flexibility index (Phi) is 25.0. The molecule has 0 aromatic carbocycles. The average Bonchev–Trinajstić information content (AvgIpc) is 2.70. The zero-order chi connectivity index (χ0) is 20.5. The van der Waals surface area contributed by atoms with Gasteiger partial charge in [-0.15, -0.1) is 0 Å². The second-order valence-electron chi connectivity index (χ2n) is 9.75. The van der Waals surface area contributed by atoms with Crippen LogP contribution in [0.3, 0.4) is 0 Å². The molecule has 0 aliphatic rings. The van der Waals surface area contributed by atoms with Crippen molar-refractivity contribution in [1.82, 2.24) is 0 Å². The molecule has 1 unspecified atom stereocenters. The summed E-state index contributed by atoms with van der Waals surface area (Å²) in [6.07, 6.45) is 35.3. The van der Waals surface area contributed by atoms with Crippen LogP contribution >= 0.6 is 0 Å². The van der Waals surface area contributed by atoms with Gasteiger partial charge in [0.05, 0.1) is 0 Å². The highest BCUT2D eigenvalue weighted by Gasteiger charge is 2.02. The van der Waals surface area contributed by atoms with E-state index in [1.165, 1.54) is 154 Å². The van der Waals surface area contributed by atoms with Crippen LogP contribution in [0.5, 0.6) is 0 Å². The third-order valence-electron chi connectivity index (χ3n) is 6.60. The van der Waals surface area contributed by atoms with Crippen molar-refractivity contribution in [3.8, 4) is 0 Å². The Morgan fingerprint density at radius 2 is 0.536 bits per heavy atom. The summed E-state index contributed by atoms with van der Waals surface area (Å²) in [4.78, 5) is 0. The van der Waals surface area contributed by atoms with Crippen molar-refractivity contribution < 1.29 is 0 Å². The summed E-state index contributed by atoms with van der Waals surface area (Å²) in [5.41, 5.74) is 0. The molecule has 0 spiro atoms. The fourth-order valence-corrected chi connectivity index (χ4v) is 4.46. The van der Waals surface area contributed by atoms with E-state index in [0.717, 1.165) is 5.92 Å². The molecule has 0 aromatic rings. The van der Waals surface area contributed by atoms with Gasteiger partial charge in [-0.25, -0.2) is 0 Å². The standard InChI is InChI=1S/C28H58/c1-4-6-8-10-12-14-16-17-19-21-23-25-27-28(3)26-24-22-20-18-15-13-11-9-7-5-2/h28H,4-27H2,1-3H3. The molecule has 170 valence electrons. The molecule has 0 heteroatoms. The Hall–Kier alpha value is 0. The molecule has 0 saturated carbocycles. The van der Waals surface area contributed by atoms with E-state index in [-0.39, 0.29) is 0 Å². The molecule has 0 bridgehead atoms. The van der Waals surface area contributed by atoms with Gasteiger partial charge in [0.15, 0.2) is 0 Å². The van der Waals surface area contributed by atoms with Gasteiger partial charge in [0.1, 0.15) is 0 Å². The summed E-state index contributed by atoms with van der Waals surface area (Å²) in [5.74, 6) is 0.970. The van der Waals surface area contributed by atoms with Crippen LogP contribution in [0.15, 0.2) is 0 Å². The van der Waals surface area contributed by atoms with E-state index in [9.17, 15) is 0 Å². The molecule has 0 aliphatic carbocycles. The first-order valence-electron chi connectivity index (χ1n) is 13.8. The van der Waals surface area contributed by atoms with Gasteiger partial charge in [0.2, 0.25) is 0 Å². The van der Waals surface area contributed by atoms with Crippen LogP contribution in [-0.2, 0) is 0 Å². The summed E-state index contributed by atoms with van der Waals surface area (Å²) < 4.78 is 0.